The van der Waals surface area contributed by atoms with Gasteiger partial charge in [0.25, 0.3) is 0 Å². The van der Waals surface area contributed by atoms with Crippen LogP contribution in [0.4, 0.5) is 0 Å². The van der Waals surface area contributed by atoms with Crippen LogP contribution in [0.25, 0.3) is 0 Å². The molecule has 0 amide bonds. The van der Waals surface area contributed by atoms with Crippen LogP contribution >= 0.6 is 0 Å². The topological polar surface area (TPSA) is 29.3 Å². The second-order valence-corrected chi connectivity index (χ2v) is 5.47. The molecule has 0 aliphatic heterocycles. The molecule has 16 heavy (non-hydrogen) atoms. The van der Waals surface area contributed by atoms with Crippen LogP contribution in [0.15, 0.2) is 30.3 Å². The van der Waals surface area contributed by atoms with Gasteiger partial charge in [0.15, 0.2) is 0 Å². The monoisotopic (exact) mass is 220 g/mol. The third kappa shape index (κ3) is 4.77. The summed E-state index contributed by atoms with van der Waals surface area (Å²) in [5, 5.41) is 0. The van der Waals surface area contributed by atoms with E-state index in [1.165, 1.54) is 5.56 Å². The van der Waals surface area contributed by atoms with E-state index in [1.807, 2.05) is 0 Å². The van der Waals surface area contributed by atoms with Crippen LogP contribution in [0.2, 0.25) is 0 Å². The molecule has 1 aromatic rings. The van der Waals surface area contributed by atoms with E-state index >= 15 is 0 Å². The van der Waals surface area contributed by atoms with Crippen molar-refractivity contribution in [1.29, 1.82) is 0 Å². The minimum atomic E-state index is -0.140. The average molecular weight is 220 g/mol. The number of hydrogen-bond donors (Lipinski definition) is 1. The van der Waals surface area contributed by atoms with E-state index in [-0.39, 0.29) is 5.54 Å². The summed E-state index contributed by atoms with van der Waals surface area (Å²) in [5.41, 5.74) is 7.29. The molecule has 90 valence electrons. The Morgan fingerprint density at radius 3 is 2.19 bits per heavy atom. The second-order valence-electron chi connectivity index (χ2n) is 5.47. The molecule has 0 radical (unpaired) electrons. The van der Waals surface area contributed by atoms with Gasteiger partial charge in [0.2, 0.25) is 0 Å². The third-order valence-electron chi connectivity index (χ3n) is 2.57. The van der Waals surface area contributed by atoms with Gasteiger partial charge in [0, 0.05) is 24.7 Å². The molecule has 0 unspecified atom stereocenters. The van der Waals surface area contributed by atoms with Crippen molar-refractivity contribution in [3.63, 3.8) is 0 Å². The molecule has 2 nitrogen and oxygen atoms in total. The van der Waals surface area contributed by atoms with E-state index in [9.17, 15) is 0 Å². The number of hydrogen-bond acceptors (Lipinski definition) is 2. The quantitative estimate of drug-likeness (QED) is 0.826. The van der Waals surface area contributed by atoms with E-state index < -0.39 is 0 Å². The largest absolute Gasteiger partial charge is 0.324 e. The standard InChI is InChI=1S/C14H24N2/c1-12(2)16(11-14(3,4)15)10-13-8-6-5-7-9-13/h5-9,12H,10-11,15H2,1-4H3. The lowest BCUT2D eigenvalue weighted by Crippen LogP contribution is -2.47. The van der Waals surface area contributed by atoms with Crippen LogP contribution in [-0.2, 0) is 6.54 Å². The first-order chi connectivity index (χ1) is 7.38. The van der Waals surface area contributed by atoms with Crippen molar-refractivity contribution in [1.82, 2.24) is 4.90 Å². The van der Waals surface area contributed by atoms with Gasteiger partial charge < -0.3 is 5.73 Å². The normalized spacial score (nSPS) is 12.4. The van der Waals surface area contributed by atoms with Gasteiger partial charge in [0.1, 0.15) is 0 Å². The summed E-state index contributed by atoms with van der Waals surface area (Å²) >= 11 is 0. The van der Waals surface area contributed by atoms with Crippen LogP contribution in [0.5, 0.6) is 0 Å². The molecule has 0 aliphatic carbocycles. The maximum absolute atomic E-state index is 6.09. The fraction of sp³-hybridized carbons (Fsp3) is 0.571. The highest BCUT2D eigenvalue weighted by molar-refractivity contribution is 5.14. The van der Waals surface area contributed by atoms with E-state index in [1.54, 1.807) is 0 Å². The van der Waals surface area contributed by atoms with Gasteiger partial charge in [-0.05, 0) is 33.3 Å². The lowest BCUT2D eigenvalue weighted by atomic mass is 10.0. The number of benzene rings is 1. The maximum atomic E-state index is 6.09. The molecule has 2 N–H and O–H groups in total. The van der Waals surface area contributed by atoms with Gasteiger partial charge in [-0.15, -0.1) is 0 Å². The smallest absolute Gasteiger partial charge is 0.0237 e. The number of nitrogens with zero attached hydrogens (tertiary/aromatic N) is 1. The minimum Gasteiger partial charge on any atom is -0.324 e. The molecule has 0 atom stereocenters. The van der Waals surface area contributed by atoms with Crippen molar-refractivity contribution in [2.24, 2.45) is 5.73 Å². The lowest BCUT2D eigenvalue weighted by molar-refractivity contribution is 0.175. The Labute approximate surface area is 99.5 Å². The second kappa shape index (κ2) is 5.46. The Hall–Kier alpha value is -0.860. The molecule has 0 spiro atoms. The Morgan fingerprint density at radius 1 is 1.19 bits per heavy atom. The first kappa shape index (κ1) is 13.2. The van der Waals surface area contributed by atoms with E-state index in [0.29, 0.717) is 6.04 Å². The first-order valence-electron chi connectivity index (χ1n) is 5.95. The lowest BCUT2D eigenvalue weighted by Gasteiger charge is -2.33. The highest BCUT2D eigenvalue weighted by Crippen LogP contribution is 2.11. The zero-order chi connectivity index (χ0) is 12.2. The molecule has 0 aromatic heterocycles. The number of nitrogens with two attached hydrogens (primary N) is 1. The van der Waals surface area contributed by atoms with E-state index in [0.717, 1.165) is 13.1 Å². The maximum Gasteiger partial charge on any atom is 0.0237 e. The Balaban J connectivity index is 2.66. The molecular formula is C14H24N2. The summed E-state index contributed by atoms with van der Waals surface area (Å²) in [6.07, 6.45) is 0. The molecule has 0 heterocycles. The molecule has 2 heteroatoms. The molecule has 0 bridgehead atoms. The zero-order valence-electron chi connectivity index (χ0n) is 10.9. The molecular weight excluding hydrogens is 196 g/mol. The van der Waals surface area contributed by atoms with Crippen molar-refractivity contribution in [2.75, 3.05) is 6.54 Å². The van der Waals surface area contributed by atoms with Crippen LogP contribution in [0, 0.1) is 0 Å². The average Bonchev–Trinajstić information content (AvgIpc) is 2.16. The fourth-order valence-corrected chi connectivity index (χ4v) is 1.76. The number of rotatable bonds is 5. The van der Waals surface area contributed by atoms with Crippen LogP contribution in [0.1, 0.15) is 33.3 Å². The van der Waals surface area contributed by atoms with E-state index in [2.05, 4.69) is 62.9 Å². The van der Waals surface area contributed by atoms with Crippen LogP contribution < -0.4 is 5.73 Å². The van der Waals surface area contributed by atoms with Crippen molar-refractivity contribution >= 4 is 0 Å². The van der Waals surface area contributed by atoms with Crippen molar-refractivity contribution < 1.29 is 0 Å². The highest BCUT2D eigenvalue weighted by atomic mass is 15.2. The molecule has 0 saturated carbocycles. The summed E-state index contributed by atoms with van der Waals surface area (Å²) in [6, 6.07) is 11.1. The van der Waals surface area contributed by atoms with Gasteiger partial charge in [0.05, 0.1) is 0 Å². The zero-order valence-corrected chi connectivity index (χ0v) is 10.9. The first-order valence-corrected chi connectivity index (χ1v) is 5.95. The van der Waals surface area contributed by atoms with E-state index in [4.69, 9.17) is 5.73 Å². The molecule has 1 aromatic carbocycles. The van der Waals surface area contributed by atoms with Gasteiger partial charge in [-0.3, -0.25) is 4.90 Å². The predicted octanol–water partition coefficient (Wildman–Crippen LogP) is 2.63. The van der Waals surface area contributed by atoms with Crippen molar-refractivity contribution in [2.45, 2.75) is 45.8 Å². The van der Waals surface area contributed by atoms with Crippen molar-refractivity contribution in [3.8, 4) is 0 Å². The van der Waals surface area contributed by atoms with Crippen LogP contribution in [-0.4, -0.2) is 23.0 Å². The summed E-state index contributed by atoms with van der Waals surface area (Å²) in [4.78, 5) is 2.41. The molecule has 1 rings (SSSR count). The fourth-order valence-electron chi connectivity index (χ4n) is 1.76. The SMILES string of the molecule is CC(C)N(Cc1ccccc1)CC(C)(C)N. The summed E-state index contributed by atoms with van der Waals surface area (Å²) in [5.74, 6) is 0. The Morgan fingerprint density at radius 2 is 1.75 bits per heavy atom. The van der Waals surface area contributed by atoms with Crippen molar-refractivity contribution in [3.05, 3.63) is 35.9 Å². The third-order valence-corrected chi connectivity index (χ3v) is 2.57. The van der Waals surface area contributed by atoms with Gasteiger partial charge in [-0.2, -0.15) is 0 Å². The summed E-state index contributed by atoms with van der Waals surface area (Å²) < 4.78 is 0. The minimum absolute atomic E-state index is 0.140. The Kier molecular flexibility index (Phi) is 4.51. The van der Waals surface area contributed by atoms with Gasteiger partial charge in [-0.1, -0.05) is 30.3 Å². The van der Waals surface area contributed by atoms with Crippen LogP contribution in [0.3, 0.4) is 0 Å². The molecule has 0 fully saturated rings. The molecule has 0 aliphatic rings. The Bertz CT molecular complexity index is 298. The predicted molar refractivity (Wildman–Crippen MR) is 70.3 cm³/mol. The van der Waals surface area contributed by atoms with Gasteiger partial charge in [-0.25, -0.2) is 0 Å². The highest BCUT2D eigenvalue weighted by Gasteiger charge is 2.18. The summed E-state index contributed by atoms with van der Waals surface area (Å²) in [6.45, 7) is 10.5. The molecule has 0 saturated heterocycles. The summed E-state index contributed by atoms with van der Waals surface area (Å²) in [7, 11) is 0. The van der Waals surface area contributed by atoms with Gasteiger partial charge >= 0.3 is 0 Å².